The number of halogens is 3. The molecule has 0 saturated heterocycles. The molecule has 8 rings (SSSR count). The molecular weight excluding hydrogens is 841 g/mol. The van der Waals surface area contributed by atoms with Crippen LogP contribution >= 0.6 is 67.8 Å². The van der Waals surface area contributed by atoms with Crippen molar-refractivity contribution in [3.63, 3.8) is 0 Å². The number of H-pyrrole nitrogens is 1. The van der Waals surface area contributed by atoms with E-state index in [9.17, 15) is 0 Å². The molecule has 0 radical (unpaired) electrons. The molecule has 8 aromatic rings. The summed E-state index contributed by atoms with van der Waals surface area (Å²) >= 11 is 6.97. The third kappa shape index (κ3) is 6.32. The lowest BCUT2D eigenvalue weighted by atomic mass is 10.2. The Kier molecular flexibility index (Phi) is 8.92. The van der Waals surface area contributed by atoms with Gasteiger partial charge in [0.2, 0.25) is 0 Å². The number of rotatable bonds is 1. The number of fused-ring (bicyclic) bond motifs is 6. The van der Waals surface area contributed by atoms with Crippen LogP contribution in [0.3, 0.4) is 0 Å². The fourth-order valence-electron chi connectivity index (χ4n) is 5.07. The van der Waals surface area contributed by atoms with E-state index in [-0.39, 0.29) is 0 Å². The van der Waals surface area contributed by atoms with Crippen molar-refractivity contribution in [3.05, 3.63) is 156 Å². The topological polar surface area (TPSA) is 20.7 Å². The third-order valence-electron chi connectivity index (χ3n) is 6.85. The van der Waals surface area contributed by atoms with Gasteiger partial charge in [0.1, 0.15) is 0 Å². The van der Waals surface area contributed by atoms with Crippen molar-refractivity contribution in [3.8, 4) is 5.69 Å². The Labute approximate surface area is 280 Å². The summed E-state index contributed by atoms with van der Waals surface area (Å²) < 4.78 is 6.19. The maximum Gasteiger partial charge on any atom is 0.0541 e. The lowest BCUT2D eigenvalue weighted by Gasteiger charge is -2.07. The van der Waals surface area contributed by atoms with Gasteiger partial charge in [-0.3, -0.25) is 0 Å². The van der Waals surface area contributed by atoms with Crippen molar-refractivity contribution >= 4 is 111 Å². The lowest BCUT2D eigenvalue weighted by Crippen LogP contribution is -1.93. The summed E-state index contributed by atoms with van der Waals surface area (Å²) in [6.45, 7) is 0. The highest BCUT2D eigenvalue weighted by Crippen LogP contribution is 2.32. The van der Waals surface area contributed by atoms with Crippen molar-refractivity contribution < 1.29 is 0 Å². The van der Waals surface area contributed by atoms with E-state index in [1.165, 1.54) is 60.0 Å². The zero-order valence-corrected chi connectivity index (χ0v) is 28.4. The molecule has 2 aromatic heterocycles. The van der Waals surface area contributed by atoms with Crippen LogP contribution in [-0.2, 0) is 0 Å². The molecule has 0 spiro atoms. The molecule has 2 heterocycles. The number of benzene rings is 6. The molecular formula is C36H25I3N2. The van der Waals surface area contributed by atoms with Gasteiger partial charge >= 0.3 is 0 Å². The van der Waals surface area contributed by atoms with Crippen LogP contribution in [0.4, 0.5) is 0 Å². The maximum atomic E-state index is 3.38. The van der Waals surface area contributed by atoms with E-state index in [1.807, 2.05) is 0 Å². The number of nitrogens with one attached hydrogen (secondary N) is 1. The highest BCUT2D eigenvalue weighted by atomic mass is 127. The fraction of sp³-hybridized carbons (Fsp3) is 0. The highest BCUT2D eigenvalue weighted by Gasteiger charge is 2.11. The smallest absolute Gasteiger partial charge is 0.0541 e. The quantitative estimate of drug-likeness (QED) is 0.159. The van der Waals surface area contributed by atoms with Crippen molar-refractivity contribution in [1.29, 1.82) is 0 Å². The van der Waals surface area contributed by atoms with Crippen molar-refractivity contribution in [2.75, 3.05) is 0 Å². The van der Waals surface area contributed by atoms with Crippen LogP contribution in [0.5, 0.6) is 0 Å². The number of hydrogen-bond donors (Lipinski definition) is 1. The van der Waals surface area contributed by atoms with Gasteiger partial charge in [0.25, 0.3) is 0 Å². The Morgan fingerprint density at radius 2 is 0.805 bits per heavy atom. The lowest BCUT2D eigenvalue weighted by molar-refractivity contribution is 1.18. The minimum atomic E-state index is 1.21. The molecule has 0 amide bonds. The predicted molar refractivity (Wildman–Crippen MR) is 201 cm³/mol. The van der Waals surface area contributed by atoms with Crippen LogP contribution in [0.1, 0.15) is 0 Å². The molecule has 0 fully saturated rings. The zero-order chi connectivity index (χ0) is 28.2. The average Bonchev–Trinajstić information content (AvgIpc) is 3.54. The second-order valence-electron chi connectivity index (χ2n) is 9.51. The second-order valence-corrected chi connectivity index (χ2v) is 13.2. The Morgan fingerprint density at radius 3 is 1.27 bits per heavy atom. The molecule has 0 atom stereocenters. The predicted octanol–water partition coefficient (Wildman–Crippen LogP) is 11.6. The number of nitrogens with zero attached hydrogens (tertiary/aromatic N) is 1. The summed E-state index contributed by atoms with van der Waals surface area (Å²) in [6.07, 6.45) is 0. The Balaban J connectivity index is 0.000000123. The standard InChI is InChI=1S/C18H12IN.C12H9N.C6H4I2/c19-13-6-5-7-14(12-13)20-17-10-3-1-8-15(17)16-9-2-4-11-18(16)20;1-3-7-11-9(5-1)10-6-2-4-8-12(10)13-11;7-5-2-1-3-6(8)4-5/h1-12H;1-8,13H;1-4H. The van der Waals surface area contributed by atoms with Crippen LogP contribution in [0.2, 0.25) is 0 Å². The SMILES string of the molecule is Ic1cccc(-n2c3ccccc3c3ccccc32)c1.Ic1cccc(I)c1.c1ccc2c(c1)[nH]c1ccccc12. The van der Waals surface area contributed by atoms with Gasteiger partial charge in [0.15, 0.2) is 0 Å². The second kappa shape index (κ2) is 13.0. The molecule has 0 unspecified atom stereocenters. The average molecular weight is 866 g/mol. The summed E-state index contributed by atoms with van der Waals surface area (Å²) in [6, 6.07) is 50.9. The van der Waals surface area contributed by atoms with Gasteiger partial charge in [-0.2, -0.15) is 0 Å². The van der Waals surface area contributed by atoms with Crippen LogP contribution < -0.4 is 0 Å². The molecule has 41 heavy (non-hydrogen) atoms. The molecule has 0 aliphatic carbocycles. The Morgan fingerprint density at radius 1 is 0.390 bits per heavy atom. The van der Waals surface area contributed by atoms with Gasteiger partial charge in [-0.15, -0.1) is 0 Å². The largest absolute Gasteiger partial charge is 0.355 e. The number of hydrogen-bond acceptors (Lipinski definition) is 0. The van der Waals surface area contributed by atoms with Crippen LogP contribution in [0, 0.1) is 10.7 Å². The number of aromatic nitrogens is 2. The van der Waals surface area contributed by atoms with Crippen LogP contribution in [0.25, 0.3) is 49.3 Å². The first-order valence-corrected chi connectivity index (χ1v) is 16.4. The normalized spacial score (nSPS) is 10.8. The summed E-state index contributed by atoms with van der Waals surface area (Å²) in [7, 11) is 0. The molecule has 0 bridgehead atoms. The monoisotopic (exact) mass is 866 g/mol. The maximum absolute atomic E-state index is 3.38. The first-order chi connectivity index (χ1) is 20.1. The molecule has 6 aromatic carbocycles. The van der Waals surface area contributed by atoms with Crippen molar-refractivity contribution in [1.82, 2.24) is 9.55 Å². The summed E-state index contributed by atoms with van der Waals surface area (Å²) in [5, 5.41) is 5.22. The minimum absolute atomic E-state index is 1.21. The van der Waals surface area contributed by atoms with E-state index in [0.29, 0.717) is 0 Å². The van der Waals surface area contributed by atoms with Gasteiger partial charge in [-0.05, 0) is 128 Å². The van der Waals surface area contributed by atoms with Gasteiger partial charge < -0.3 is 9.55 Å². The van der Waals surface area contributed by atoms with E-state index >= 15 is 0 Å². The first kappa shape index (κ1) is 28.2. The Hall–Kier alpha value is -2.89. The number of para-hydroxylation sites is 4. The fourth-order valence-corrected chi connectivity index (χ4v) is 7.28. The molecule has 200 valence electrons. The van der Waals surface area contributed by atoms with Gasteiger partial charge in [0, 0.05) is 49.0 Å². The van der Waals surface area contributed by atoms with E-state index in [4.69, 9.17) is 0 Å². The van der Waals surface area contributed by atoms with Gasteiger partial charge in [-0.25, -0.2) is 0 Å². The zero-order valence-electron chi connectivity index (χ0n) is 21.9. The number of aromatic amines is 1. The van der Waals surface area contributed by atoms with E-state index in [1.54, 1.807) is 0 Å². The van der Waals surface area contributed by atoms with Crippen LogP contribution in [0.15, 0.2) is 146 Å². The molecule has 0 aliphatic heterocycles. The van der Waals surface area contributed by atoms with E-state index in [0.717, 1.165) is 0 Å². The Bertz CT molecular complexity index is 1990. The summed E-state index contributed by atoms with van der Waals surface area (Å²) in [5.74, 6) is 0. The van der Waals surface area contributed by atoms with Gasteiger partial charge in [-0.1, -0.05) is 84.9 Å². The highest BCUT2D eigenvalue weighted by molar-refractivity contribution is 14.1. The minimum Gasteiger partial charge on any atom is -0.355 e. The van der Waals surface area contributed by atoms with Crippen LogP contribution in [-0.4, -0.2) is 9.55 Å². The van der Waals surface area contributed by atoms with Crippen molar-refractivity contribution in [2.24, 2.45) is 0 Å². The van der Waals surface area contributed by atoms with Gasteiger partial charge in [0.05, 0.1) is 11.0 Å². The molecule has 1 N–H and O–H groups in total. The first-order valence-electron chi connectivity index (χ1n) is 13.2. The summed E-state index contributed by atoms with van der Waals surface area (Å²) in [4.78, 5) is 3.38. The molecule has 0 saturated carbocycles. The molecule has 0 aliphatic rings. The third-order valence-corrected chi connectivity index (χ3v) is 8.86. The molecule has 2 nitrogen and oxygen atoms in total. The van der Waals surface area contributed by atoms with E-state index in [2.05, 4.69) is 223 Å². The van der Waals surface area contributed by atoms with E-state index < -0.39 is 0 Å². The summed E-state index contributed by atoms with van der Waals surface area (Å²) in [5.41, 5.74) is 6.16. The van der Waals surface area contributed by atoms with Crippen molar-refractivity contribution in [2.45, 2.75) is 0 Å². The molecule has 5 heteroatoms.